The molecule has 4 atom stereocenters. The van der Waals surface area contributed by atoms with E-state index in [0.717, 1.165) is 32.4 Å². The van der Waals surface area contributed by atoms with E-state index in [1.807, 2.05) is 0 Å². The van der Waals surface area contributed by atoms with Crippen LogP contribution >= 0.6 is 0 Å². The summed E-state index contributed by atoms with van der Waals surface area (Å²) in [5.41, 5.74) is 5.61. The zero-order valence-electron chi connectivity index (χ0n) is 9.15. The quantitative estimate of drug-likeness (QED) is 0.522. The molecule has 1 fully saturated rings. The second-order valence-electron chi connectivity index (χ2n) is 4.38. The predicted molar refractivity (Wildman–Crippen MR) is 63.0 cm³/mol. The molecule has 2 N–H and O–H groups in total. The summed E-state index contributed by atoms with van der Waals surface area (Å²) in [6.07, 6.45) is 3.36. The summed E-state index contributed by atoms with van der Waals surface area (Å²) in [5, 5.41) is 0. The van der Waals surface area contributed by atoms with Crippen LogP contribution in [0.5, 0.6) is 0 Å². The summed E-state index contributed by atoms with van der Waals surface area (Å²) in [6, 6.07) is 0. The van der Waals surface area contributed by atoms with Crippen molar-refractivity contribution in [1.82, 2.24) is 0 Å². The molecule has 14 heavy (non-hydrogen) atoms. The van der Waals surface area contributed by atoms with E-state index in [2.05, 4.69) is 18.6 Å². The molecule has 0 aromatic rings. The number of hydrogen-bond acceptors (Lipinski definition) is 2. The maximum Gasteiger partial charge on any atom is 0.0703 e. The summed E-state index contributed by atoms with van der Waals surface area (Å²) in [7, 11) is 6.13. The van der Waals surface area contributed by atoms with Crippen molar-refractivity contribution in [2.24, 2.45) is 28.5 Å². The molecule has 78 valence electrons. The molecule has 1 aliphatic carbocycles. The van der Waals surface area contributed by atoms with Crippen molar-refractivity contribution in [2.45, 2.75) is 32.0 Å². The zero-order chi connectivity index (χ0) is 10.6. The molecule has 0 aromatic heterocycles. The Balaban J connectivity index is 2.63. The molecule has 2 nitrogen and oxygen atoms in total. The second kappa shape index (κ2) is 5.55. The van der Waals surface area contributed by atoms with Crippen LogP contribution in [0.1, 0.15) is 26.2 Å². The largest absolute Gasteiger partial charge is 0.330 e. The van der Waals surface area contributed by atoms with E-state index in [1.165, 1.54) is 0 Å². The van der Waals surface area contributed by atoms with Crippen molar-refractivity contribution in [2.75, 3.05) is 13.1 Å². The molecule has 0 bridgehead atoms. The van der Waals surface area contributed by atoms with Crippen molar-refractivity contribution >= 4 is 14.6 Å². The molecule has 0 spiro atoms. The van der Waals surface area contributed by atoms with Gasteiger partial charge in [-0.25, -0.2) is 0 Å². The van der Waals surface area contributed by atoms with Gasteiger partial charge in [-0.2, -0.15) is 0 Å². The van der Waals surface area contributed by atoms with E-state index < -0.39 is 0 Å². The first kappa shape index (κ1) is 11.8. The molecule has 3 heteroatoms. The fourth-order valence-electron chi connectivity index (χ4n) is 2.95. The maximum absolute atomic E-state index is 6.13. The lowest BCUT2D eigenvalue weighted by Crippen LogP contribution is -2.21. The van der Waals surface area contributed by atoms with Crippen LogP contribution < -0.4 is 5.73 Å². The number of rotatable bonds is 5. The van der Waals surface area contributed by atoms with E-state index in [9.17, 15) is 0 Å². The Labute approximate surface area is 88.8 Å². The minimum absolute atomic E-state index is 0.350. The Bertz CT molecular complexity index is 184. The first-order valence-electron chi connectivity index (χ1n) is 5.62. The van der Waals surface area contributed by atoms with Gasteiger partial charge in [0.25, 0.3) is 0 Å². The van der Waals surface area contributed by atoms with E-state index in [1.54, 1.807) is 0 Å². The highest BCUT2D eigenvalue weighted by Gasteiger charge is 2.38. The normalized spacial score (nSPS) is 37.3. The summed E-state index contributed by atoms with van der Waals surface area (Å²) in [4.78, 5) is 4.04. The lowest BCUT2D eigenvalue weighted by molar-refractivity contribution is 0.304. The molecule has 1 rings (SSSR count). The fourth-order valence-corrected chi connectivity index (χ4v) is 2.95. The Kier molecular flexibility index (Phi) is 4.66. The van der Waals surface area contributed by atoms with Crippen LogP contribution in [0.15, 0.2) is 4.99 Å². The third-order valence-electron chi connectivity index (χ3n) is 3.63. The fraction of sp³-hybridized carbons (Fsp3) is 0.909. The molecule has 0 heterocycles. The van der Waals surface area contributed by atoms with Gasteiger partial charge in [0.05, 0.1) is 7.85 Å². The second-order valence-corrected chi connectivity index (χ2v) is 4.38. The molecule has 0 saturated heterocycles. The standard InChI is InChI=1S/C11H21BN2/c1-3-9-10(7-14-2)8(4-5-13)6-11(9)12/h8-11H,2-7,13H2,1H3. The smallest absolute Gasteiger partial charge is 0.0703 e. The van der Waals surface area contributed by atoms with Gasteiger partial charge in [0.1, 0.15) is 0 Å². The SMILES string of the molecule is [B]C1CC(CCN)C(CN=C)C1CC. The van der Waals surface area contributed by atoms with Gasteiger partial charge < -0.3 is 10.7 Å². The van der Waals surface area contributed by atoms with E-state index in [0.29, 0.717) is 23.6 Å². The van der Waals surface area contributed by atoms with E-state index in [4.69, 9.17) is 13.6 Å². The van der Waals surface area contributed by atoms with Crippen LogP contribution in [-0.4, -0.2) is 27.7 Å². The van der Waals surface area contributed by atoms with Crippen LogP contribution in [0.4, 0.5) is 0 Å². The predicted octanol–water partition coefficient (Wildman–Crippen LogP) is 1.66. The molecule has 2 radical (unpaired) electrons. The third kappa shape index (κ3) is 2.38. The van der Waals surface area contributed by atoms with E-state index in [-0.39, 0.29) is 0 Å². The van der Waals surface area contributed by atoms with Gasteiger partial charge in [-0.1, -0.05) is 25.6 Å². The molecule has 1 saturated carbocycles. The minimum atomic E-state index is 0.350. The number of nitrogens with zero attached hydrogens (tertiary/aromatic N) is 1. The first-order chi connectivity index (χ1) is 6.74. The lowest BCUT2D eigenvalue weighted by Gasteiger charge is -2.23. The van der Waals surface area contributed by atoms with Gasteiger partial charge in [-0.05, 0) is 37.4 Å². The molecule has 1 aliphatic rings. The monoisotopic (exact) mass is 192 g/mol. The van der Waals surface area contributed by atoms with Crippen molar-refractivity contribution in [3.63, 3.8) is 0 Å². The topological polar surface area (TPSA) is 38.4 Å². The van der Waals surface area contributed by atoms with Crippen LogP contribution in [-0.2, 0) is 0 Å². The average molecular weight is 192 g/mol. The zero-order valence-corrected chi connectivity index (χ0v) is 9.15. The Morgan fingerprint density at radius 2 is 2.21 bits per heavy atom. The molecular weight excluding hydrogens is 171 g/mol. The third-order valence-corrected chi connectivity index (χ3v) is 3.63. The molecule has 0 amide bonds. The van der Waals surface area contributed by atoms with Crippen LogP contribution in [0.3, 0.4) is 0 Å². The van der Waals surface area contributed by atoms with Crippen molar-refractivity contribution in [1.29, 1.82) is 0 Å². The number of hydrogen-bond donors (Lipinski definition) is 1. The van der Waals surface area contributed by atoms with Gasteiger partial charge in [-0.15, -0.1) is 0 Å². The van der Waals surface area contributed by atoms with Gasteiger partial charge in [0.2, 0.25) is 0 Å². The molecule has 4 unspecified atom stereocenters. The Hall–Kier alpha value is -0.305. The molecule has 0 aromatic carbocycles. The highest BCUT2D eigenvalue weighted by atomic mass is 14.7. The summed E-state index contributed by atoms with van der Waals surface area (Å²) < 4.78 is 0. The van der Waals surface area contributed by atoms with Gasteiger partial charge in [0, 0.05) is 6.54 Å². The van der Waals surface area contributed by atoms with Gasteiger partial charge in [-0.3, -0.25) is 0 Å². The van der Waals surface area contributed by atoms with Gasteiger partial charge >= 0.3 is 0 Å². The minimum Gasteiger partial charge on any atom is -0.330 e. The van der Waals surface area contributed by atoms with Crippen molar-refractivity contribution in [3.05, 3.63) is 0 Å². The first-order valence-corrected chi connectivity index (χ1v) is 5.62. The van der Waals surface area contributed by atoms with Crippen LogP contribution in [0.25, 0.3) is 0 Å². The average Bonchev–Trinajstić information content (AvgIpc) is 2.44. The maximum atomic E-state index is 6.13. The van der Waals surface area contributed by atoms with E-state index >= 15 is 0 Å². The van der Waals surface area contributed by atoms with Crippen LogP contribution in [0.2, 0.25) is 5.82 Å². The number of aliphatic imine (C=N–C) groups is 1. The highest BCUT2D eigenvalue weighted by Crippen LogP contribution is 2.46. The Morgan fingerprint density at radius 3 is 2.71 bits per heavy atom. The Morgan fingerprint density at radius 1 is 1.50 bits per heavy atom. The highest BCUT2D eigenvalue weighted by molar-refractivity contribution is 6.12. The summed E-state index contributed by atoms with van der Waals surface area (Å²) in [6.45, 7) is 7.43. The summed E-state index contributed by atoms with van der Waals surface area (Å²) in [5.74, 6) is 2.27. The lowest BCUT2D eigenvalue weighted by atomic mass is 9.75. The molecule has 0 aliphatic heterocycles. The molecular formula is C11H21BN2. The van der Waals surface area contributed by atoms with Crippen molar-refractivity contribution < 1.29 is 0 Å². The summed E-state index contributed by atoms with van der Waals surface area (Å²) >= 11 is 0. The van der Waals surface area contributed by atoms with Crippen LogP contribution in [0, 0.1) is 17.8 Å². The number of nitrogens with two attached hydrogens (primary N) is 1. The van der Waals surface area contributed by atoms with Crippen molar-refractivity contribution in [3.8, 4) is 0 Å². The van der Waals surface area contributed by atoms with Gasteiger partial charge in [0.15, 0.2) is 0 Å².